The molecule has 1 unspecified atom stereocenters. The van der Waals surface area contributed by atoms with Crippen LogP contribution < -0.4 is 15.2 Å². The summed E-state index contributed by atoms with van der Waals surface area (Å²) >= 11 is 8.87. The minimum Gasteiger partial charge on any atom is -0.487 e. The van der Waals surface area contributed by atoms with Gasteiger partial charge in [0.15, 0.2) is 0 Å². The third-order valence-electron chi connectivity index (χ3n) is 5.29. The van der Waals surface area contributed by atoms with Crippen LogP contribution in [0.15, 0.2) is 80.4 Å². The van der Waals surface area contributed by atoms with E-state index in [1.165, 1.54) is 0 Å². The summed E-state index contributed by atoms with van der Waals surface area (Å²) in [6.45, 7) is 0.430. The van der Waals surface area contributed by atoms with Crippen LogP contribution in [-0.2, 0) is 6.61 Å². The number of allylic oxidation sites excluding steroid dienone is 1. The second-order valence-electron chi connectivity index (χ2n) is 7.31. The Bertz CT molecular complexity index is 1370. The number of rotatable bonds is 5. The van der Waals surface area contributed by atoms with Gasteiger partial charge in [-0.1, -0.05) is 36.4 Å². The van der Waals surface area contributed by atoms with Crippen molar-refractivity contribution < 1.29 is 9.47 Å². The number of nitrogens with two attached hydrogens (primary N) is 1. The van der Waals surface area contributed by atoms with Crippen molar-refractivity contribution in [2.45, 2.75) is 12.5 Å². The van der Waals surface area contributed by atoms with Gasteiger partial charge in [0.05, 0.1) is 31.0 Å². The van der Waals surface area contributed by atoms with E-state index in [4.69, 9.17) is 15.2 Å². The van der Waals surface area contributed by atoms with Crippen LogP contribution in [0.3, 0.4) is 0 Å². The number of nitriles is 1. The quantitative estimate of drug-likeness (QED) is 0.281. The predicted octanol–water partition coefficient (Wildman–Crippen LogP) is 6.46. The Morgan fingerprint density at radius 2 is 1.91 bits per heavy atom. The first-order valence-electron chi connectivity index (χ1n) is 9.92. The number of halogens is 2. The number of thiophene rings is 1. The average Bonchev–Trinajstić information content (AvgIpc) is 3.48. The summed E-state index contributed by atoms with van der Waals surface area (Å²) in [5.41, 5.74) is 9.95. The topological polar surface area (TPSA) is 97.0 Å². The Morgan fingerprint density at radius 1 is 1.15 bits per heavy atom. The molecule has 0 radical (unpaired) electrons. The van der Waals surface area contributed by atoms with Gasteiger partial charge in [-0.3, -0.25) is 5.10 Å². The molecule has 164 valence electrons. The first kappa shape index (κ1) is 21.8. The molecule has 6 nitrogen and oxygen atoms in total. The van der Waals surface area contributed by atoms with Crippen molar-refractivity contribution in [1.82, 2.24) is 10.2 Å². The molecule has 0 fully saturated rings. The van der Waals surface area contributed by atoms with Gasteiger partial charge in [-0.25, -0.2) is 0 Å². The summed E-state index contributed by atoms with van der Waals surface area (Å²) in [5, 5.41) is 19.3. The summed E-state index contributed by atoms with van der Waals surface area (Å²) in [6, 6.07) is 20.0. The van der Waals surface area contributed by atoms with Crippen LogP contribution >= 0.6 is 43.2 Å². The summed E-state index contributed by atoms with van der Waals surface area (Å²) in [4.78, 5) is 0.996. The molecule has 33 heavy (non-hydrogen) atoms. The highest BCUT2D eigenvalue weighted by molar-refractivity contribution is 9.11. The first-order valence-corrected chi connectivity index (χ1v) is 12.4. The number of aromatic nitrogens is 2. The largest absolute Gasteiger partial charge is 0.487 e. The van der Waals surface area contributed by atoms with Crippen LogP contribution in [0, 0.1) is 11.3 Å². The number of nitrogens with one attached hydrogen (secondary N) is 1. The Labute approximate surface area is 210 Å². The highest BCUT2D eigenvalue weighted by Gasteiger charge is 2.36. The zero-order valence-electron chi connectivity index (χ0n) is 17.0. The lowest BCUT2D eigenvalue weighted by Gasteiger charge is -2.25. The van der Waals surface area contributed by atoms with Crippen LogP contribution in [0.25, 0.3) is 10.6 Å². The number of benzene rings is 2. The van der Waals surface area contributed by atoms with Crippen LogP contribution in [0.4, 0.5) is 0 Å². The number of aromatic amines is 1. The van der Waals surface area contributed by atoms with E-state index in [1.807, 2.05) is 60.0 Å². The number of hydrogen-bond donors (Lipinski definition) is 2. The fourth-order valence-electron chi connectivity index (χ4n) is 3.80. The zero-order chi connectivity index (χ0) is 22.9. The standard InChI is InChI=1S/C24H16Br2N4O2S/c25-16-9-14(10-17(26)22(16)31-12-13-5-2-1-3-6-13)19-15(11-27)23(28)32-24-20(19)21(29-30-24)18-7-4-8-33-18/h1-10,19H,12,28H2,(H,29,30). The molecule has 3 N–H and O–H groups in total. The van der Waals surface area contributed by atoms with Crippen molar-refractivity contribution in [3.63, 3.8) is 0 Å². The smallest absolute Gasteiger partial charge is 0.244 e. The van der Waals surface area contributed by atoms with Crippen LogP contribution in [-0.4, -0.2) is 10.2 Å². The van der Waals surface area contributed by atoms with Crippen LogP contribution in [0.5, 0.6) is 11.6 Å². The lowest BCUT2D eigenvalue weighted by molar-refractivity contribution is 0.302. The van der Waals surface area contributed by atoms with E-state index < -0.39 is 5.92 Å². The van der Waals surface area contributed by atoms with E-state index in [0.717, 1.165) is 36.2 Å². The van der Waals surface area contributed by atoms with Crippen molar-refractivity contribution in [3.8, 4) is 28.3 Å². The highest BCUT2D eigenvalue weighted by Crippen LogP contribution is 2.48. The maximum atomic E-state index is 9.94. The van der Waals surface area contributed by atoms with Crippen molar-refractivity contribution in [3.05, 3.63) is 97.1 Å². The molecule has 0 spiro atoms. The molecule has 0 saturated heterocycles. The minimum absolute atomic E-state index is 0.0517. The Balaban J connectivity index is 1.57. The molecule has 4 aromatic rings. The van der Waals surface area contributed by atoms with Gasteiger partial charge in [0, 0.05) is 0 Å². The number of H-pyrrole nitrogens is 1. The maximum Gasteiger partial charge on any atom is 0.244 e. The molecule has 1 atom stereocenters. The van der Waals surface area contributed by atoms with Crippen molar-refractivity contribution >= 4 is 43.2 Å². The zero-order valence-corrected chi connectivity index (χ0v) is 21.0. The first-order chi connectivity index (χ1) is 16.1. The fraction of sp³-hybridized carbons (Fsp3) is 0.0833. The summed E-state index contributed by atoms with van der Waals surface area (Å²) in [6.07, 6.45) is 0. The van der Waals surface area contributed by atoms with Gasteiger partial charge < -0.3 is 15.2 Å². The number of hydrogen-bond acceptors (Lipinski definition) is 6. The molecule has 1 aliphatic heterocycles. The van der Waals surface area contributed by atoms with Crippen molar-refractivity contribution in [2.24, 2.45) is 5.73 Å². The monoisotopic (exact) mass is 582 g/mol. The van der Waals surface area contributed by atoms with E-state index in [0.29, 0.717) is 23.8 Å². The molecule has 1 aliphatic rings. The lowest BCUT2D eigenvalue weighted by atomic mass is 9.84. The lowest BCUT2D eigenvalue weighted by Crippen LogP contribution is -2.21. The fourth-order valence-corrected chi connectivity index (χ4v) is 5.99. The third kappa shape index (κ3) is 4.06. The van der Waals surface area contributed by atoms with Gasteiger partial charge in [0.25, 0.3) is 0 Å². The third-order valence-corrected chi connectivity index (χ3v) is 7.35. The molecular formula is C24H16Br2N4O2S. The molecule has 2 aromatic carbocycles. The van der Waals surface area contributed by atoms with Crippen molar-refractivity contribution in [2.75, 3.05) is 0 Å². The number of ether oxygens (including phenoxy) is 2. The van der Waals surface area contributed by atoms with E-state index in [2.05, 4.69) is 48.1 Å². The van der Waals surface area contributed by atoms with Crippen LogP contribution in [0.1, 0.15) is 22.6 Å². The summed E-state index contributed by atoms with van der Waals surface area (Å²) < 4.78 is 13.3. The Morgan fingerprint density at radius 3 is 2.58 bits per heavy atom. The molecule has 0 bridgehead atoms. The van der Waals surface area contributed by atoms with E-state index in [9.17, 15) is 5.26 Å². The SMILES string of the molecule is N#CC1=C(N)Oc2n[nH]c(-c3cccs3)c2C1c1cc(Br)c(OCc2ccccc2)c(Br)c1. The molecule has 0 aliphatic carbocycles. The van der Waals surface area contributed by atoms with Gasteiger partial charge >= 0.3 is 0 Å². The highest BCUT2D eigenvalue weighted by atomic mass is 79.9. The van der Waals surface area contributed by atoms with Gasteiger partial charge in [-0.2, -0.15) is 5.26 Å². The molecule has 9 heteroatoms. The van der Waals surface area contributed by atoms with Gasteiger partial charge in [-0.15, -0.1) is 16.4 Å². The number of nitrogens with zero attached hydrogens (tertiary/aromatic N) is 2. The van der Waals surface area contributed by atoms with E-state index >= 15 is 0 Å². The van der Waals surface area contributed by atoms with E-state index in [1.54, 1.807) is 11.3 Å². The maximum absolute atomic E-state index is 9.94. The minimum atomic E-state index is -0.453. The second kappa shape index (κ2) is 9.06. The molecule has 2 aromatic heterocycles. The molecular weight excluding hydrogens is 568 g/mol. The van der Waals surface area contributed by atoms with Crippen molar-refractivity contribution in [1.29, 1.82) is 5.26 Å². The Kier molecular flexibility index (Phi) is 5.98. The van der Waals surface area contributed by atoms with Crippen LogP contribution in [0.2, 0.25) is 0 Å². The molecule has 0 amide bonds. The Hall–Kier alpha value is -3.06. The van der Waals surface area contributed by atoms with Gasteiger partial charge in [-0.05, 0) is 66.6 Å². The van der Waals surface area contributed by atoms with Gasteiger partial charge in [0.1, 0.15) is 24.0 Å². The summed E-state index contributed by atoms with van der Waals surface area (Å²) in [7, 11) is 0. The molecule has 5 rings (SSSR count). The molecule has 3 heterocycles. The van der Waals surface area contributed by atoms with Gasteiger partial charge in [0.2, 0.25) is 11.8 Å². The number of fused-ring (bicyclic) bond motifs is 1. The second-order valence-corrected chi connectivity index (χ2v) is 9.96. The van der Waals surface area contributed by atoms with E-state index in [-0.39, 0.29) is 5.88 Å². The molecule has 0 saturated carbocycles. The average molecular weight is 584 g/mol. The predicted molar refractivity (Wildman–Crippen MR) is 134 cm³/mol. The summed E-state index contributed by atoms with van der Waals surface area (Å²) in [5.74, 6) is 0.647. The normalized spacial score (nSPS) is 15.0.